The molecule has 3 aromatic carbocycles. The van der Waals surface area contributed by atoms with Gasteiger partial charge in [0.15, 0.2) is 0 Å². The SMILES string of the molecule is Cc1oc(-c2ccccc2)nc1CCOc1ccc(NC(=O)c2ccc(Cl)cc2Cl)c(C(=O)O)c1. The van der Waals surface area contributed by atoms with Crippen molar-refractivity contribution in [3.63, 3.8) is 0 Å². The third-order valence-corrected chi connectivity index (χ3v) is 5.71. The van der Waals surface area contributed by atoms with Crippen LogP contribution in [0.4, 0.5) is 5.69 Å². The van der Waals surface area contributed by atoms with Crippen LogP contribution < -0.4 is 10.1 Å². The maximum absolute atomic E-state index is 12.6. The van der Waals surface area contributed by atoms with Crippen molar-refractivity contribution < 1.29 is 23.8 Å². The Labute approximate surface area is 211 Å². The van der Waals surface area contributed by atoms with Gasteiger partial charge >= 0.3 is 5.97 Å². The second kappa shape index (κ2) is 10.6. The van der Waals surface area contributed by atoms with Crippen LogP contribution in [-0.4, -0.2) is 28.6 Å². The van der Waals surface area contributed by atoms with Crippen molar-refractivity contribution in [2.75, 3.05) is 11.9 Å². The van der Waals surface area contributed by atoms with Crippen LogP contribution in [-0.2, 0) is 6.42 Å². The number of nitrogens with one attached hydrogen (secondary N) is 1. The number of benzene rings is 3. The third-order valence-electron chi connectivity index (χ3n) is 5.17. The number of rotatable bonds is 8. The highest BCUT2D eigenvalue weighted by Crippen LogP contribution is 2.26. The first kappa shape index (κ1) is 24.3. The van der Waals surface area contributed by atoms with Crippen molar-refractivity contribution in [1.29, 1.82) is 0 Å². The normalized spacial score (nSPS) is 10.7. The molecule has 35 heavy (non-hydrogen) atoms. The molecule has 4 aromatic rings. The first-order chi connectivity index (χ1) is 16.8. The molecule has 0 unspecified atom stereocenters. The lowest BCUT2D eigenvalue weighted by Gasteiger charge is -2.12. The highest BCUT2D eigenvalue weighted by atomic mass is 35.5. The molecule has 0 saturated carbocycles. The van der Waals surface area contributed by atoms with E-state index < -0.39 is 11.9 Å². The van der Waals surface area contributed by atoms with Crippen LogP contribution in [0, 0.1) is 6.92 Å². The van der Waals surface area contributed by atoms with E-state index in [0.717, 1.165) is 11.3 Å². The Hall–Kier alpha value is -3.81. The second-order valence-corrected chi connectivity index (χ2v) is 8.42. The van der Waals surface area contributed by atoms with Crippen molar-refractivity contribution in [1.82, 2.24) is 4.98 Å². The van der Waals surface area contributed by atoms with Gasteiger partial charge in [0.25, 0.3) is 5.91 Å². The van der Waals surface area contributed by atoms with Crippen molar-refractivity contribution in [2.24, 2.45) is 0 Å². The molecule has 0 fully saturated rings. The van der Waals surface area contributed by atoms with E-state index in [-0.39, 0.29) is 28.4 Å². The molecule has 1 heterocycles. The van der Waals surface area contributed by atoms with E-state index in [2.05, 4.69) is 10.3 Å². The Balaban J connectivity index is 1.43. The average molecular weight is 511 g/mol. The minimum Gasteiger partial charge on any atom is -0.493 e. The number of hydrogen-bond donors (Lipinski definition) is 2. The average Bonchev–Trinajstić information content (AvgIpc) is 3.20. The smallest absolute Gasteiger partial charge is 0.337 e. The van der Waals surface area contributed by atoms with Crippen LogP contribution in [0.15, 0.2) is 71.1 Å². The third kappa shape index (κ3) is 5.82. The minimum atomic E-state index is -1.21. The fourth-order valence-electron chi connectivity index (χ4n) is 3.39. The molecule has 2 N–H and O–H groups in total. The Kier molecular flexibility index (Phi) is 7.39. The fourth-order valence-corrected chi connectivity index (χ4v) is 3.89. The van der Waals surface area contributed by atoms with Crippen LogP contribution >= 0.6 is 23.2 Å². The molecular weight excluding hydrogens is 491 g/mol. The summed E-state index contributed by atoms with van der Waals surface area (Å²) in [5.41, 5.74) is 1.80. The van der Waals surface area contributed by atoms with Gasteiger partial charge < -0.3 is 19.6 Å². The first-order valence-corrected chi connectivity index (χ1v) is 11.4. The van der Waals surface area contributed by atoms with Crippen LogP contribution in [0.3, 0.4) is 0 Å². The summed E-state index contributed by atoms with van der Waals surface area (Å²) in [6, 6.07) is 18.4. The number of aromatic nitrogens is 1. The molecule has 0 aliphatic carbocycles. The maximum atomic E-state index is 12.6. The van der Waals surface area contributed by atoms with Gasteiger partial charge in [-0.3, -0.25) is 4.79 Å². The molecule has 1 aromatic heterocycles. The lowest BCUT2D eigenvalue weighted by molar-refractivity contribution is 0.0697. The summed E-state index contributed by atoms with van der Waals surface area (Å²) in [7, 11) is 0. The van der Waals surface area contributed by atoms with Gasteiger partial charge in [0, 0.05) is 17.0 Å². The van der Waals surface area contributed by atoms with E-state index in [1.54, 1.807) is 6.07 Å². The number of carboxylic acids is 1. The molecule has 0 aliphatic heterocycles. The number of oxazole rings is 1. The Morgan fingerprint density at radius 3 is 2.51 bits per heavy atom. The molecule has 0 aliphatic rings. The van der Waals surface area contributed by atoms with E-state index in [4.69, 9.17) is 32.4 Å². The standard InChI is InChI=1S/C26H20Cl2N2O5/c1-15-22(30-25(35-15)16-5-3-2-4-6-16)11-12-34-18-8-10-23(20(14-18)26(32)33)29-24(31)19-9-7-17(27)13-21(19)28/h2-10,13-14H,11-12H2,1H3,(H,29,31)(H,32,33). The number of amides is 1. The number of nitrogens with zero attached hydrogens (tertiary/aromatic N) is 1. The first-order valence-electron chi connectivity index (χ1n) is 10.6. The largest absolute Gasteiger partial charge is 0.493 e. The molecule has 0 spiro atoms. The highest BCUT2D eigenvalue weighted by molar-refractivity contribution is 6.37. The minimum absolute atomic E-state index is 0.112. The molecular formula is C26H20Cl2N2O5. The van der Waals surface area contributed by atoms with Gasteiger partial charge in [-0.15, -0.1) is 0 Å². The van der Waals surface area contributed by atoms with Crippen molar-refractivity contribution in [3.8, 4) is 17.2 Å². The van der Waals surface area contributed by atoms with E-state index in [0.29, 0.717) is 28.8 Å². The zero-order valence-electron chi connectivity index (χ0n) is 18.5. The number of carbonyl (C=O) groups is 2. The van der Waals surface area contributed by atoms with Crippen LogP contribution in [0.1, 0.15) is 32.2 Å². The number of hydrogen-bond acceptors (Lipinski definition) is 5. The van der Waals surface area contributed by atoms with E-state index in [1.807, 2.05) is 37.3 Å². The Morgan fingerprint density at radius 2 is 1.80 bits per heavy atom. The fraction of sp³-hybridized carbons (Fsp3) is 0.115. The summed E-state index contributed by atoms with van der Waals surface area (Å²) in [4.78, 5) is 28.9. The van der Waals surface area contributed by atoms with Gasteiger partial charge in [0.1, 0.15) is 11.5 Å². The summed E-state index contributed by atoms with van der Waals surface area (Å²) < 4.78 is 11.5. The predicted molar refractivity (Wildman–Crippen MR) is 134 cm³/mol. The zero-order valence-corrected chi connectivity index (χ0v) is 20.1. The lowest BCUT2D eigenvalue weighted by Crippen LogP contribution is -2.15. The molecule has 7 nitrogen and oxygen atoms in total. The molecule has 0 bridgehead atoms. The van der Waals surface area contributed by atoms with Gasteiger partial charge in [-0.2, -0.15) is 0 Å². The molecule has 4 rings (SSSR count). The maximum Gasteiger partial charge on any atom is 0.337 e. The highest BCUT2D eigenvalue weighted by Gasteiger charge is 2.17. The van der Waals surface area contributed by atoms with E-state index in [9.17, 15) is 14.7 Å². The van der Waals surface area contributed by atoms with Gasteiger partial charge in [0.05, 0.1) is 34.1 Å². The van der Waals surface area contributed by atoms with Gasteiger partial charge in [-0.05, 0) is 55.5 Å². The van der Waals surface area contributed by atoms with Crippen LogP contribution in [0.5, 0.6) is 5.75 Å². The molecule has 178 valence electrons. The summed E-state index contributed by atoms with van der Waals surface area (Å²) in [5, 5.41) is 12.8. The number of carboxylic acid groups (broad SMARTS) is 1. The van der Waals surface area contributed by atoms with Gasteiger partial charge in [0.2, 0.25) is 5.89 Å². The molecule has 0 radical (unpaired) electrons. The number of carbonyl (C=O) groups excluding carboxylic acids is 1. The quantitative estimate of drug-likeness (QED) is 0.279. The van der Waals surface area contributed by atoms with Gasteiger partial charge in [-0.25, -0.2) is 9.78 Å². The summed E-state index contributed by atoms with van der Waals surface area (Å²) in [6.45, 7) is 2.09. The predicted octanol–water partition coefficient (Wildman–Crippen LogP) is 6.53. The number of aromatic carboxylic acids is 1. The molecule has 1 amide bonds. The number of aryl methyl sites for hydroxylation is 1. The van der Waals surface area contributed by atoms with Crippen LogP contribution in [0.25, 0.3) is 11.5 Å². The lowest BCUT2D eigenvalue weighted by atomic mass is 10.1. The second-order valence-electron chi connectivity index (χ2n) is 7.58. The monoisotopic (exact) mass is 510 g/mol. The topological polar surface area (TPSA) is 102 Å². The number of halogens is 2. The van der Waals surface area contributed by atoms with E-state index in [1.165, 1.54) is 30.3 Å². The summed E-state index contributed by atoms with van der Waals surface area (Å²) in [5.74, 6) is -0.203. The summed E-state index contributed by atoms with van der Waals surface area (Å²) in [6.07, 6.45) is 0.470. The Bertz CT molecular complexity index is 1390. The van der Waals surface area contributed by atoms with Crippen molar-refractivity contribution in [2.45, 2.75) is 13.3 Å². The molecule has 0 saturated heterocycles. The number of anilines is 1. The van der Waals surface area contributed by atoms with Crippen molar-refractivity contribution >= 4 is 40.8 Å². The van der Waals surface area contributed by atoms with Crippen LogP contribution in [0.2, 0.25) is 10.0 Å². The molecule has 0 atom stereocenters. The number of ether oxygens (including phenoxy) is 1. The molecule has 9 heteroatoms. The van der Waals surface area contributed by atoms with E-state index >= 15 is 0 Å². The van der Waals surface area contributed by atoms with Crippen molar-refractivity contribution in [3.05, 3.63) is 99.4 Å². The van der Waals surface area contributed by atoms with Gasteiger partial charge in [-0.1, -0.05) is 41.4 Å². The Morgan fingerprint density at radius 1 is 1.03 bits per heavy atom. The summed E-state index contributed by atoms with van der Waals surface area (Å²) >= 11 is 11.9. The zero-order chi connectivity index (χ0) is 24.9.